The molecule has 1 aromatic rings. The number of hydrogen-bond donors (Lipinski definition) is 0. The molecule has 1 aliphatic heterocycles. The fourth-order valence-corrected chi connectivity index (χ4v) is 3.12. The number of sulfonamides is 1. The quantitative estimate of drug-likeness (QED) is 0.772. The molecule has 0 aliphatic carbocycles. The van der Waals surface area contributed by atoms with Crippen molar-refractivity contribution in [1.29, 1.82) is 5.26 Å². The van der Waals surface area contributed by atoms with Crippen LogP contribution in [-0.4, -0.2) is 39.0 Å². The lowest BCUT2D eigenvalue weighted by Gasteiger charge is -2.26. The van der Waals surface area contributed by atoms with Gasteiger partial charge in [0, 0.05) is 13.1 Å². The van der Waals surface area contributed by atoms with Gasteiger partial charge in [0.1, 0.15) is 0 Å². The first-order valence-electron chi connectivity index (χ1n) is 5.22. The maximum absolute atomic E-state index is 12.2. The lowest BCUT2D eigenvalue weighted by molar-refractivity contribution is 0.0730. The van der Waals surface area contributed by atoms with Crippen LogP contribution in [0.3, 0.4) is 0 Å². The molecule has 0 unspecified atom stereocenters. The van der Waals surface area contributed by atoms with Gasteiger partial charge in [-0.25, -0.2) is 8.42 Å². The molecule has 0 saturated carbocycles. The van der Waals surface area contributed by atoms with Crippen molar-refractivity contribution in [3.63, 3.8) is 0 Å². The van der Waals surface area contributed by atoms with Crippen molar-refractivity contribution >= 4 is 10.0 Å². The Hall–Kier alpha value is -1.42. The van der Waals surface area contributed by atoms with Gasteiger partial charge in [-0.05, 0) is 18.2 Å². The summed E-state index contributed by atoms with van der Waals surface area (Å²) in [4.78, 5) is 0.165. The van der Waals surface area contributed by atoms with E-state index in [-0.39, 0.29) is 4.90 Å². The van der Waals surface area contributed by atoms with Gasteiger partial charge in [0.2, 0.25) is 10.0 Å². The Morgan fingerprint density at radius 2 is 2.00 bits per heavy atom. The summed E-state index contributed by atoms with van der Waals surface area (Å²) in [5.41, 5.74) is 0.347. The molecule has 1 saturated heterocycles. The van der Waals surface area contributed by atoms with E-state index in [1.54, 1.807) is 12.1 Å². The molecule has 6 heteroatoms. The fourth-order valence-electron chi connectivity index (χ4n) is 1.66. The average molecular weight is 252 g/mol. The van der Waals surface area contributed by atoms with Crippen LogP contribution < -0.4 is 0 Å². The van der Waals surface area contributed by atoms with Gasteiger partial charge in [0.15, 0.2) is 0 Å². The Morgan fingerprint density at radius 3 is 2.65 bits per heavy atom. The summed E-state index contributed by atoms with van der Waals surface area (Å²) in [5.74, 6) is 0. The molecule has 5 nitrogen and oxygen atoms in total. The van der Waals surface area contributed by atoms with Crippen LogP contribution in [0.2, 0.25) is 0 Å². The summed E-state index contributed by atoms with van der Waals surface area (Å²) in [7, 11) is -3.49. The van der Waals surface area contributed by atoms with E-state index >= 15 is 0 Å². The summed E-state index contributed by atoms with van der Waals surface area (Å²) in [6, 6.07) is 7.99. The lowest BCUT2D eigenvalue weighted by Crippen LogP contribution is -2.40. The zero-order valence-corrected chi connectivity index (χ0v) is 9.98. The number of hydrogen-bond acceptors (Lipinski definition) is 4. The van der Waals surface area contributed by atoms with Crippen molar-refractivity contribution < 1.29 is 13.2 Å². The minimum Gasteiger partial charge on any atom is -0.379 e. The first-order valence-corrected chi connectivity index (χ1v) is 6.66. The first kappa shape index (κ1) is 12.0. The van der Waals surface area contributed by atoms with Crippen molar-refractivity contribution in [2.24, 2.45) is 0 Å². The van der Waals surface area contributed by atoms with E-state index in [4.69, 9.17) is 10.00 Å². The standard InChI is InChI=1S/C11H12N2O3S/c12-9-10-2-1-3-11(8-10)17(14,15)13-4-6-16-7-5-13/h1-3,8H,4-7H2. The topological polar surface area (TPSA) is 70.4 Å². The van der Waals surface area contributed by atoms with Crippen LogP contribution in [-0.2, 0) is 14.8 Å². The van der Waals surface area contributed by atoms with Crippen LogP contribution in [0.1, 0.15) is 5.56 Å². The molecule has 1 aromatic carbocycles. The molecule has 0 aromatic heterocycles. The zero-order valence-electron chi connectivity index (χ0n) is 9.17. The van der Waals surface area contributed by atoms with Crippen molar-refractivity contribution in [2.75, 3.05) is 26.3 Å². The highest BCUT2D eigenvalue weighted by Gasteiger charge is 2.26. The fraction of sp³-hybridized carbons (Fsp3) is 0.364. The number of morpholine rings is 1. The molecule has 0 spiro atoms. The molecule has 0 bridgehead atoms. The maximum atomic E-state index is 12.2. The van der Waals surface area contributed by atoms with Gasteiger partial charge in [0.05, 0.1) is 29.7 Å². The summed E-state index contributed by atoms with van der Waals surface area (Å²) in [5, 5.41) is 8.76. The largest absolute Gasteiger partial charge is 0.379 e. The Bertz CT molecular complexity index is 542. The second-order valence-corrected chi connectivity index (χ2v) is 5.59. The molecule has 1 aliphatic rings. The van der Waals surface area contributed by atoms with Crippen molar-refractivity contribution in [1.82, 2.24) is 4.31 Å². The Labute approximate surface area is 100 Å². The number of rotatable bonds is 2. The third-order valence-electron chi connectivity index (χ3n) is 2.57. The predicted octanol–water partition coefficient (Wildman–Crippen LogP) is 0.579. The van der Waals surface area contributed by atoms with Crippen molar-refractivity contribution in [3.05, 3.63) is 29.8 Å². The molecule has 0 atom stereocenters. The van der Waals surface area contributed by atoms with E-state index in [2.05, 4.69) is 0 Å². The average Bonchev–Trinajstić information content (AvgIpc) is 2.40. The molecule has 90 valence electrons. The van der Waals surface area contributed by atoms with E-state index in [1.165, 1.54) is 16.4 Å². The number of nitriles is 1. The van der Waals surface area contributed by atoms with Gasteiger partial charge in [-0.2, -0.15) is 9.57 Å². The summed E-state index contributed by atoms with van der Waals surface area (Å²) < 4.78 is 30.9. The van der Waals surface area contributed by atoms with Gasteiger partial charge >= 0.3 is 0 Å². The first-order chi connectivity index (χ1) is 8.14. The van der Waals surface area contributed by atoms with Gasteiger partial charge in [0.25, 0.3) is 0 Å². The Balaban J connectivity index is 2.34. The molecule has 1 heterocycles. The van der Waals surface area contributed by atoms with Crippen LogP contribution in [0.5, 0.6) is 0 Å². The molecule has 1 fully saturated rings. The van der Waals surface area contributed by atoms with Crippen LogP contribution in [0.25, 0.3) is 0 Å². The number of ether oxygens (including phenoxy) is 1. The smallest absolute Gasteiger partial charge is 0.243 e. The van der Waals surface area contributed by atoms with Crippen molar-refractivity contribution in [2.45, 2.75) is 4.90 Å². The van der Waals surface area contributed by atoms with Gasteiger partial charge in [-0.3, -0.25) is 0 Å². The predicted molar refractivity (Wildman–Crippen MR) is 60.7 cm³/mol. The lowest BCUT2D eigenvalue weighted by atomic mass is 10.2. The maximum Gasteiger partial charge on any atom is 0.243 e. The minimum absolute atomic E-state index is 0.165. The van der Waals surface area contributed by atoms with E-state index in [9.17, 15) is 8.42 Å². The summed E-state index contributed by atoms with van der Waals surface area (Å²) >= 11 is 0. The van der Waals surface area contributed by atoms with Crippen LogP contribution in [0, 0.1) is 11.3 Å². The summed E-state index contributed by atoms with van der Waals surface area (Å²) in [6.07, 6.45) is 0. The highest BCUT2D eigenvalue weighted by molar-refractivity contribution is 7.89. The second-order valence-electron chi connectivity index (χ2n) is 3.66. The molecule has 0 N–H and O–H groups in total. The molecule has 0 radical (unpaired) electrons. The van der Waals surface area contributed by atoms with Gasteiger partial charge in [-0.15, -0.1) is 0 Å². The van der Waals surface area contributed by atoms with E-state index < -0.39 is 10.0 Å². The van der Waals surface area contributed by atoms with E-state index in [0.717, 1.165) is 0 Å². The third-order valence-corrected chi connectivity index (χ3v) is 4.47. The highest BCUT2D eigenvalue weighted by Crippen LogP contribution is 2.17. The molecular formula is C11H12N2O3S. The summed E-state index contributed by atoms with van der Waals surface area (Å²) in [6.45, 7) is 1.55. The van der Waals surface area contributed by atoms with Crippen LogP contribution in [0.15, 0.2) is 29.2 Å². The monoisotopic (exact) mass is 252 g/mol. The SMILES string of the molecule is N#Cc1cccc(S(=O)(=O)N2CCOCC2)c1. The highest BCUT2D eigenvalue weighted by atomic mass is 32.2. The molecule has 0 amide bonds. The van der Waals surface area contributed by atoms with Gasteiger partial charge < -0.3 is 4.74 Å². The number of nitrogens with zero attached hydrogens (tertiary/aromatic N) is 2. The second kappa shape index (κ2) is 4.84. The Morgan fingerprint density at radius 1 is 1.29 bits per heavy atom. The Kier molecular flexibility index (Phi) is 3.43. The minimum atomic E-state index is -3.49. The molecular weight excluding hydrogens is 240 g/mol. The zero-order chi connectivity index (χ0) is 12.3. The van der Waals surface area contributed by atoms with E-state index in [0.29, 0.717) is 31.9 Å². The number of benzene rings is 1. The molecule has 2 rings (SSSR count). The van der Waals surface area contributed by atoms with E-state index in [1.807, 2.05) is 6.07 Å². The van der Waals surface area contributed by atoms with Crippen LogP contribution >= 0.6 is 0 Å². The van der Waals surface area contributed by atoms with Gasteiger partial charge in [-0.1, -0.05) is 6.07 Å². The third kappa shape index (κ3) is 2.47. The van der Waals surface area contributed by atoms with Crippen LogP contribution in [0.4, 0.5) is 0 Å². The molecule has 17 heavy (non-hydrogen) atoms. The normalized spacial score (nSPS) is 17.6. The van der Waals surface area contributed by atoms with Crippen molar-refractivity contribution in [3.8, 4) is 6.07 Å².